The van der Waals surface area contributed by atoms with Gasteiger partial charge in [0.25, 0.3) is 0 Å². The Morgan fingerprint density at radius 3 is 2.68 bits per heavy atom. The number of piperazine rings is 1. The predicted molar refractivity (Wildman–Crippen MR) is 71.7 cm³/mol. The second kappa shape index (κ2) is 5.07. The van der Waals surface area contributed by atoms with E-state index < -0.39 is 15.8 Å². The minimum absolute atomic E-state index is 0.104. The topological polar surface area (TPSA) is 66.6 Å². The third-order valence-corrected chi connectivity index (χ3v) is 5.38. The molecule has 2 N–H and O–H groups in total. The molecule has 1 fully saturated rings. The number of likely N-dealkylation sites (N-methyl/N-ethyl adjacent to an activating group) is 1. The van der Waals surface area contributed by atoms with E-state index in [1.165, 1.54) is 16.4 Å². The molecule has 1 atom stereocenters. The van der Waals surface area contributed by atoms with Crippen LogP contribution in [0.2, 0.25) is 0 Å². The van der Waals surface area contributed by atoms with Gasteiger partial charge in [0, 0.05) is 31.4 Å². The lowest BCUT2D eigenvalue weighted by Gasteiger charge is -2.36. The Kier molecular flexibility index (Phi) is 3.80. The van der Waals surface area contributed by atoms with Gasteiger partial charge in [0.2, 0.25) is 10.0 Å². The van der Waals surface area contributed by atoms with E-state index in [1.807, 2.05) is 14.0 Å². The van der Waals surface area contributed by atoms with E-state index in [-0.39, 0.29) is 16.6 Å². The zero-order valence-corrected chi connectivity index (χ0v) is 11.8. The Hall–Kier alpha value is -1.18. The first-order valence-corrected chi connectivity index (χ1v) is 7.52. The highest BCUT2D eigenvalue weighted by Gasteiger charge is 2.32. The summed E-state index contributed by atoms with van der Waals surface area (Å²) in [7, 11) is -1.88. The van der Waals surface area contributed by atoms with Gasteiger partial charge in [-0.05, 0) is 32.2 Å². The fourth-order valence-electron chi connectivity index (χ4n) is 2.09. The maximum atomic E-state index is 13.7. The van der Waals surface area contributed by atoms with Crippen molar-refractivity contribution in [2.45, 2.75) is 17.9 Å². The summed E-state index contributed by atoms with van der Waals surface area (Å²) in [6.45, 7) is 3.28. The molecule has 1 aromatic carbocycles. The molecule has 1 aliphatic heterocycles. The van der Waals surface area contributed by atoms with E-state index in [9.17, 15) is 12.8 Å². The lowest BCUT2D eigenvalue weighted by Crippen LogP contribution is -2.51. The number of hydrogen-bond acceptors (Lipinski definition) is 4. The van der Waals surface area contributed by atoms with Crippen LogP contribution in [0.1, 0.15) is 6.92 Å². The lowest BCUT2D eigenvalue weighted by molar-refractivity contribution is 0.159. The molecule has 19 heavy (non-hydrogen) atoms. The Morgan fingerprint density at radius 2 is 2.05 bits per heavy atom. The molecule has 1 heterocycles. The fraction of sp³-hybridized carbons (Fsp3) is 0.500. The normalized spacial score (nSPS) is 22.6. The van der Waals surface area contributed by atoms with Gasteiger partial charge in [-0.25, -0.2) is 12.8 Å². The molecule has 5 nitrogen and oxygen atoms in total. The largest absolute Gasteiger partial charge is 0.399 e. The van der Waals surface area contributed by atoms with Crippen LogP contribution in [-0.2, 0) is 10.0 Å². The number of nitrogen functional groups attached to an aromatic ring is 1. The summed E-state index contributed by atoms with van der Waals surface area (Å²) in [5, 5.41) is 0. The van der Waals surface area contributed by atoms with Crippen molar-refractivity contribution in [3.8, 4) is 0 Å². The van der Waals surface area contributed by atoms with Gasteiger partial charge >= 0.3 is 0 Å². The number of nitrogens with two attached hydrogens (primary N) is 1. The smallest absolute Gasteiger partial charge is 0.246 e. The summed E-state index contributed by atoms with van der Waals surface area (Å²) in [6.07, 6.45) is 0. The summed E-state index contributed by atoms with van der Waals surface area (Å²) in [5.74, 6) is -0.763. The van der Waals surface area contributed by atoms with Gasteiger partial charge in [0.15, 0.2) is 0 Å². The molecule has 0 spiro atoms. The highest BCUT2D eigenvalue weighted by Crippen LogP contribution is 2.23. The molecule has 0 aliphatic carbocycles. The van der Waals surface area contributed by atoms with Crippen molar-refractivity contribution in [2.75, 3.05) is 32.4 Å². The number of nitrogens with zero attached hydrogens (tertiary/aromatic N) is 2. The molecule has 0 radical (unpaired) electrons. The van der Waals surface area contributed by atoms with Crippen LogP contribution in [0.3, 0.4) is 0 Å². The van der Waals surface area contributed by atoms with E-state index >= 15 is 0 Å². The summed E-state index contributed by atoms with van der Waals surface area (Å²) < 4.78 is 39.9. The zero-order chi connectivity index (χ0) is 14.2. The monoisotopic (exact) mass is 287 g/mol. The summed E-state index contributed by atoms with van der Waals surface area (Å²) in [6, 6.07) is 3.71. The van der Waals surface area contributed by atoms with Gasteiger partial charge in [-0.1, -0.05) is 0 Å². The quantitative estimate of drug-likeness (QED) is 0.815. The molecule has 1 aromatic rings. The molecule has 0 bridgehead atoms. The van der Waals surface area contributed by atoms with Crippen LogP contribution in [-0.4, -0.2) is 50.3 Å². The van der Waals surface area contributed by atoms with Gasteiger partial charge in [0.1, 0.15) is 10.7 Å². The standard InChI is InChI=1S/C12H18FN3O2S/c1-9-8-16(6-5-15(9)2)19(17,18)12-7-10(14)3-4-11(12)13/h3-4,7,9H,5-6,8,14H2,1-2H3. The second-order valence-corrected chi connectivity index (χ2v) is 6.79. The van der Waals surface area contributed by atoms with Gasteiger partial charge in [-0.15, -0.1) is 0 Å². The average Bonchev–Trinajstić information content (AvgIpc) is 2.35. The van der Waals surface area contributed by atoms with E-state index in [0.29, 0.717) is 19.6 Å². The number of sulfonamides is 1. The van der Waals surface area contributed by atoms with Crippen molar-refractivity contribution >= 4 is 15.7 Å². The SMILES string of the molecule is CC1CN(S(=O)(=O)c2cc(N)ccc2F)CCN1C. The Morgan fingerprint density at radius 1 is 1.37 bits per heavy atom. The van der Waals surface area contributed by atoms with E-state index in [1.54, 1.807) is 0 Å². The van der Waals surface area contributed by atoms with Crippen molar-refractivity contribution in [1.82, 2.24) is 9.21 Å². The van der Waals surface area contributed by atoms with Crippen LogP contribution in [0.15, 0.2) is 23.1 Å². The molecule has 0 amide bonds. The summed E-state index contributed by atoms with van der Waals surface area (Å²) >= 11 is 0. The minimum atomic E-state index is -3.82. The van der Waals surface area contributed by atoms with E-state index in [0.717, 1.165) is 6.07 Å². The number of halogens is 1. The van der Waals surface area contributed by atoms with Crippen LogP contribution in [0, 0.1) is 5.82 Å². The van der Waals surface area contributed by atoms with E-state index in [2.05, 4.69) is 4.90 Å². The van der Waals surface area contributed by atoms with E-state index in [4.69, 9.17) is 5.73 Å². The lowest BCUT2D eigenvalue weighted by atomic mass is 10.2. The van der Waals surface area contributed by atoms with Crippen LogP contribution in [0.25, 0.3) is 0 Å². The maximum absolute atomic E-state index is 13.7. The van der Waals surface area contributed by atoms with Crippen molar-refractivity contribution in [2.24, 2.45) is 0 Å². The van der Waals surface area contributed by atoms with Gasteiger partial charge in [0.05, 0.1) is 0 Å². The highest BCUT2D eigenvalue weighted by atomic mass is 32.2. The first kappa shape index (κ1) is 14.2. The molecule has 106 valence electrons. The first-order chi connectivity index (χ1) is 8.82. The molecule has 0 saturated carbocycles. The molecule has 1 aliphatic rings. The molecule has 1 saturated heterocycles. The summed E-state index contributed by atoms with van der Waals surface area (Å²) in [4.78, 5) is 1.73. The van der Waals surface area contributed by atoms with Crippen LogP contribution in [0.4, 0.5) is 10.1 Å². The molecular formula is C12H18FN3O2S. The van der Waals surface area contributed by atoms with Crippen molar-refractivity contribution in [3.63, 3.8) is 0 Å². The molecular weight excluding hydrogens is 269 g/mol. The zero-order valence-electron chi connectivity index (χ0n) is 11.0. The third kappa shape index (κ3) is 2.72. The van der Waals surface area contributed by atoms with Gasteiger partial charge in [-0.2, -0.15) is 4.31 Å². The minimum Gasteiger partial charge on any atom is -0.399 e. The number of anilines is 1. The Labute approximate surface area is 112 Å². The molecule has 7 heteroatoms. The van der Waals surface area contributed by atoms with Gasteiger partial charge in [-0.3, -0.25) is 0 Å². The maximum Gasteiger partial charge on any atom is 0.246 e. The van der Waals surface area contributed by atoms with Crippen molar-refractivity contribution in [3.05, 3.63) is 24.0 Å². The average molecular weight is 287 g/mol. The van der Waals surface area contributed by atoms with Crippen molar-refractivity contribution in [1.29, 1.82) is 0 Å². The highest BCUT2D eigenvalue weighted by molar-refractivity contribution is 7.89. The van der Waals surface area contributed by atoms with Crippen LogP contribution < -0.4 is 5.73 Å². The Bertz CT molecular complexity index is 576. The van der Waals surface area contributed by atoms with Gasteiger partial charge < -0.3 is 10.6 Å². The second-order valence-electron chi connectivity index (χ2n) is 4.88. The number of benzene rings is 1. The fourth-order valence-corrected chi connectivity index (χ4v) is 3.70. The molecule has 2 rings (SSSR count). The third-order valence-electron chi connectivity index (χ3n) is 3.50. The summed E-state index contributed by atoms with van der Waals surface area (Å²) in [5.41, 5.74) is 5.78. The predicted octanol–water partition coefficient (Wildman–Crippen LogP) is 0.732. The van der Waals surface area contributed by atoms with Crippen LogP contribution in [0.5, 0.6) is 0 Å². The first-order valence-electron chi connectivity index (χ1n) is 6.08. The number of rotatable bonds is 2. The molecule has 0 aromatic heterocycles. The Balaban J connectivity index is 2.35. The van der Waals surface area contributed by atoms with Crippen molar-refractivity contribution < 1.29 is 12.8 Å². The number of hydrogen-bond donors (Lipinski definition) is 1. The molecule has 1 unspecified atom stereocenters. The van der Waals surface area contributed by atoms with Crippen LogP contribution >= 0.6 is 0 Å².